The highest BCUT2D eigenvalue weighted by Crippen LogP contribution is 2.33. The number of ether oxygens (including phenoxy) is 2. The van der Waals surface area contributed by atoms with Gasteiger partial charge in [0.2, 0.25) is 0 Å². The van der Waals surface area contributed by atoms with E-state index in [1.807, 2.05) is 0 Å². The predicted octanol–water partition coefficient (Wildman–Crippen LogP) is 2.16. The van der Waals surface area contributed by atoms with Crippen LogP contribution in [0.5, 0.6) is 0 Å². The highest BCUT2D eigenvalue weighted by atomic mass is 16.5. The predicted molar refractivity (Wildman–Crippen MR) is 104 cm³/mol. The molecular formula is C18H34B2O6. The van der Waals surface area contributed by atoms with E-state index in [1.54, 1.807) is 0 Å². The summed E-state index contributed by atoms with van der Waals surface area (Å²) < 4.78 is 11.6. The lowest BCUT2D eigenvalue weighted by Crippen LogP contribution is -2.49. The maximum Gasteiger partial charge on any atom is 0.491 e. The lowest BCUT2D eigenvalue weighted by atomic mass is 9.60. The first-order valence-corrected chi connectivity index (χ1v) is 9.88. The summed E-state index contributed by atoms with van der Waals surface area (Å²) in [5, 5.41) is 38.9. The van der Waals surface area contributed by atoms with Gasteiger partial charge in [0.25, 0.3) is 0 Å². The van der Waals surface area contributed by atoms with Crippen molar-refractivity contribution in [2.24, 2.45) is 0 Å². The first kappa shape index (κ1) is 23.2. The average molecular weight is 368 g/mol. The van der Waals surface area contributed by atoms with Gasteiger partial charge in [-0.3, -0.25) is 0 Å². The maximum absolute atomic E-state index is 9.89. The van der Waals surface area contributed by atoms with E-state index in [0.717, 1.165) is 51.4 Å². The van der Waals surface area contributed by atoms with Crippen LogP contribution in [0.4, 0.5) is 0 Å². The van der Waals surface area contributed by atoms with Gasteiger partial charge < -0.3 is 29.6 Å². The molecule has 0 aliphatic heterocycles. The van der Waals surface area contributed by atoms with Gasteiger partial charge in [-0.05, 0) is 12.8 Å². The minimum atomic E-state index is -1.72. The van der Waals surface area contributed by atoms with Gasteiger partial charge in [0.05, 0.1) is 12.4 Å². The maximum atomic E-state index is 9.89. The summed E-state index contributed by atoms with van der Waals surface area (Å²) >= 11 is 0. The summed E-state index contributed by atoms with van der Waals surface area (Å²) in [6.07, 6.45) is 11.3. The zero-order valence-corrected chi connectivity index (χ0v) is 16.2. The molecule has 1 rings (SSSR count). The molecule has 0 aromatic carbocycles. The van der Waals surface area contributed by atoms with Crippen LogP contribution in [0.15, 0.2) is 23.4 Å². The molecule has 0 saturated carbocycles. The van der Waals surface area contributed by atoms with E-state index >= 15 is 0 Å². The van der Waals surface area contributed by atoms with Gasteiger partial charge in [0.15, 0.2) is 0 Å². The molecule has 6 nitrogen and oxygen atoms in total. The summed E-state index contributed by atoms with van der Waals surface area (Å²) in [6, 6.07) is 0. The molecule has 0 spiro atoms. The van der Waals surface area contributed by atoms with Crippen LogP contribution in [0.1, 0.15) is 71.6 Å². The molecule has 1 aliphatic carbocycles. The van der Waals surface area contributed by atoms with E-state index in [9.17, 15) is 20.1 Å². The van der Waals surface area contributed by atoms with Gasteiger partial charge in [-0.25, -0.2) is 0 Å². The Balaban J connectivity index is 2.72. The van der Waals surface area contributed by atoms with E-state index in [1.165, 1.54) is 12.2 Å². The number of allylic oxidation sites excluding steroid dienone is 2. The van der Waals surface area contributed by atoms with Gasteiger partial charge >= 0.3 is 14.2 Å². The molecule has 0 radical (unpaired) electrons. The molecular weight excluding hydrogens is 334 g/mol. The summed E-state index contributed by atoms with van der Waals surface area (Å²) in [6.45, 7) is 5.11. The number of rotatable bonds is 14. The van der Waals surface area contributed by atoms with Crippen LogP contribution in [-0.4, -0.2) is 53.0 Å². The molecule has 0 amide bonds. The fraction of sp³-hybridized carbons (Fsp3) is 0.778. The van der Waals surface area contributed by atoms with E-state index in [2.05, 4.69) is 13.8 Å². The molecule has 1 atom stereocenters. The number of unbranched alkanes of at least 4 members (excludes halogenated alkanes) is 6. The third-order valence-corrected chi connectivity index (χ3v) is 4.66. The van der Waals surface area contributed by atoms with E-state index in [-0.39, 0.29) is 11.9 Å². The topological polar surface area (TPSA) is 99.4 Å². The molecule has 0 bridgehead atoms. The van der Waals surface area contributed by atoms with Crippen LogP contribution in [-0.2, 0) is 9.47 Å². The zero-order valence-electron chi connectivity index (χ0n) is 16.2. The van der Waals surface area contributed by atoms with Crippen molar-refractivity contribution < 1.29 is 29.6 Å². The first-order chi connectivity index (χ1) is 12.5. The monoisotopic (exact) mass is 368 g/mol. The summed E-state index contributed by atoms with van der Waals surface area (Å²) in [5.41, 5.74) is -1.07. The summed E-state index contributed by atoms with van der Waals surface area (Å²) in [4.78, 5) is 0. The highest BCUT2D eigenvalue weighted by Gasteiger charge is 2.45. The van der Waals surface area contributed by atoms with Gasteiger partial charge in [0, 0.05) is 18.5 Å². The average Bonchev–Trinajstić information content (AvgIpc) is 2.61. The van der Waals surface area contributed by atoms with E-state index in [0.29, 0.717) is 19.0 Å². The van der Waals surface area contributed by atoms with Crippen molar-refractivity contribution in [3.63, 3.8) is 0 Å². The fourth-order valence-corrected chi connectivity index (χ4v) is 2.97. The van der Waals surface area contributed by atoms with Crippen LogP contribution < -0.4 is 0 Å². The Hall–Kier alpha value is -0.790. The Bertz CT molecular complexity index is 453. The first-order valence-electron chi connectivity index (χ1n) is 9.88. The molecule has 26 heavy (non-hydrogen) atoms. The van der Waals surface area contributed by atoms with Gasteiger partial charge in [-0.15, -0.1) is 0 Å². The Morgan fingerprint density at radius 2 is 1.54 bits per heavy atom. The summed E-state index contributed by atoms with van der Waals surface area (Å²) in [7, 11) is -3.39. The SMILES string of the molecule is CCCCCCOC1=C(B(O)O)C=CC(OCCCCCC)(B(O)O)C1. The second kappa shape index (κ2) is 12.6. The van der Waals surface area contributed by atoms with Crippen molar-refractivity contribution in [2.75, 3.05) is 13.2 Å². The normalized spacial score (nSPS) is 19.8. The fourth-order valence-electron chi connectivity index (χ4n) is 2.97. The third-order valence-electron chi connectivity index (χ3n) is 4.66. The lowest BCUT2D eigenvalue weighted by molar-refractivity contribution is 0.0104. The number of hydrogen-bond acceptors (Lipinski definition) is 6. The lowest BCUT2D eigenvalue weighted by Gasteiger charge is -2.34. The van der Waals surface area contributed by atoms with Gasteiger partial charge in [-0.1, -0.05) is 64.5 Å². The Morgan fingerprint density at radius 3 is 2.08 bits per heavy atom. The minimum Gasteiger partial charge on any atom is -0.498 e. The third kappa shape index (κ3) is 7.45. The van der Waals surface area contributed by atoms with E-state index in [4.69, 9.17) is 9.47 Å². The zero-order chi connectivity index (χ0) is 19.4. The molecule has 4 N–H and O–H groups in total. The molecule has 0 saturated heterocycles. The minimum absolute atomic E-state index is 0.0652. The molecule has 148 valence electrons. The van der Waals surface area contributed by atoms with Crippen molar-refractivity contribution in [3.05, 3.63) is 23.4 Å². The quantitative estimate of drug-likeness (QED) is 0.277. The molecule has 0 aromatic rings. The largest absolute Gasteiger partial charge is 0.498 e. The van der Waals surface area contributed by atoms with Crippen molar-refractivity contribution in [1.29, 1.82) is 0 Å². The Morgan fingerprint density at radius 1 is 0.923 bits per heavy atom. The molecule has 1 aliphatic rings. The molecule has 0 fully saturated rings. The van der Waals surface area contributed by atoms with Crippen LogP contribution in [0.2, 0.25) is 0 Å². The summed E-state index contributed by atoms with van der Waals surface area (Å²) in [5.74, 6) is 0.348. The van der Waals surface area contributed by atoms with Crippen molar-refractivity contribution in [2.45, 2.75) is 77.1 Å². The van der Waals surface area contributed by atoms with Crippen molar-refractivity contribution in [1.82, 2.24) is 0 Å². The van der Waals surface area contributed by atoms with Crippen molar-refractivity contribution in [3.8, 4) is 0 Å². The second-order valence-corrected chi connectivity index (χ2v) is 6.91. The number of hydrogen-bond donors (Lipinski definition) is 4. The van der Waals surface area contributed by atoms with Crippen LogP contribution in [0, 0.1) is 0 Å². The van der Waals surface area contributed by atoms with Gasteiger partial charge in [-0.2, -0.15) is 0 Å². The van der Waals surface area contributed by atoms with Crippen LogP contribution >= 0.6 is 0 Å². The highest BCUT2D eigenvalue weighted by molar-refractivity contribution is 6.52. The molecule has 0 heterocycles. The van der Waals surface area contributed by atoms with E-state index < -0.39 is 19.7 Å². The molecule has 1 unspecified atom stereocenters. The van der Waals surface area contributed by atoms with Gasteiger partial charge in [0.1, 0.15) is 5.50 Å². The Kier molecular flexibility index (Phi) is 11.2. The van der Waals surface area contributed by atoms with Crippen LogP contribution in [0.25, 0.3) is 0 Å². The molecule has 8 heteroatoms. The Labute approximate surface area is 158 Å². The molecule has 0 aromatic heterocycles. The second-order valence-electron chi connectivity index (χ2n) is 6.91. The van der Waals surface area contributed by atoms with Crippen molar-refractivity contribution >= 4 is 14.2 Å². The standard InChI is InChI=1S/C18H34B2O6/c1-3-5-7-9-13-25-17-15-18(20(23)24,12-11-16(17)19(21)22)26-14-10-8-6-4-2/h11-12,21-24H,3-10,13-15H2,1-2H3. The smallest absolute Gasteiger partial charge is 0.491 e. The van der Waals surface area contributed by atoms with Crippen LogP contribution in [0.3, 0.4) is 0 Å².